The van der Waals surface area contributed by atoms with Crippen LogP contribution in [0, 0.1) is 10.1 Å². The van der Waals surface area contributed by atoms with Crippen LogP contribution in [0.3, 0.4) is 0 Å². The van der Waals surface area contributed by atoms with Gasteiger partial charge < -0.3 is 0 Å². The molecular formula is C13H6Cl2F3NO2. The van der Waals surface area contributed by atoms with Crippen molar-refractivity contribution >= 4 is 28.9 Å². The van der Waals surface area contributed by atoms with Gasteiger partial charge >= 0.3 is 6.18 Å². The Labute approximate surface area is 127 Å². The number of nitrogens with zero attached hydrogens (tertiary/aromatic N) is 1. The van der Waals surface area contributed by atoms with Crippen LogP contribution in [0.4, 0.5) is 18.9 Å². The quantitative estimate of drug-likeness (QED) is 0.530. The number of nitro benzene ring substituents is 1. The molecule has 0 unspecified atom stereocenters. The third-order valence-corrected chi connectivity index (χ3v) is 3.13. The average molecular weight is 336 g/mol. The van der Waals surface area contributed by atoms with Crippen LogP contribution in [0.5, 0.6) is 0 Å². The molecule has 0 aliphatic carbocycles. The van der Waals surface area contributed by atoms with Crippen molar-refractivity contribution in [1.82, 2.24) is 0 Å². The first-order valence-electron chi connectivity index (χ1n) is 5.50. The molecule has 2 aromatic rings. The fraction of sp³-hybridized carbons (Fsp3) is 0.0769. The Morgan fingerprint density at radius 1 is 1.00 bits per heavy atom. The van der Waals surface area contributed by atoms with Crippen molar-refractivity contribution in [3.8, 4) is 11.1 Å². The maximum atomic E-state index is 13.0. The second-order valence-electron chi connectivity index (χ2n) is 4.14. The van der Waals surface area contributed by atoms with Crippen LogP contribution in [0.2, 0.25) is 10.0 Å². The van der Waals surface area contributed by atoms with Crippen LogP contribution in [-0.2, 0) is 6.18 Å². The average Bonchev–Trinajstić information content (AvgIpc) is 2.35. The highest BCUT2D eigenvalue weighted by Gasteiger charge is 2.34. The van der Waals surface area contributed by atoms with E-state index in [1.165, 1.54) is 18.2 Å². The predicted molar refractivity (Wildman–Crippen MR) is 73.6 cm³/mol. The molecule has 0 saturated heterocycles. The molecule has 0 bridgehead atoms. The monoisotopic (exact) mass is 335 g/mol. The lowest BCUT2D eigenvalue weighted by Gasteiger charge is -2.13. The molecule has 2 rings (SSSR count). The fourth-order valence-electron chi connectivity index (χ4n) is 1.84. The molecule has 0 aliphatic rings. The van der Waals surface area contributed by atoms with Gasteiger partial charge in [-0.05, 0) is 29.8 Å². The Morgan fingerprint density at radius 3 is 2.05 bits per heavy atom. The highest BCUT2D eigenvalue weighted by molar-refractivity contribution is 6.35. The zero-order chi connectivity index (χ0) is 15.8. The summed E-state index contributed by atoms with van der Waals surface area (Å²) in [7, 11) is 0. The van der Waals surface area contributed by atoms with E-state index in [9.17, 15) is 23.3 Å². The second-order valence-corrected chi connectivity index (χ2v) is 5.02. The van der Waals surface area contributed by atoms with Crippen molar-refractivity contribution in [3.05, 3.63) is 62.1 Å². The molecule has 0 heterocycles. The SMILES string of the molecule is O=[N+]([O-])c1ccc(C(F)(F)F)c(-c2cc(Cl)cc(Cl)c2)c1. The number of hydrogen-bond acceptors (Lipinski definition) is 2. The molecule has 110 valence electrons. The van der Waals surface area contributed by atoms with Crippen LogP contribution in [0.25, 0.3) is 11.1 Å². The number of rotatable bonds is 2. The maximum Gasteiger partial charge on any atom is 0.417 e. The lowest BCUT2D eigenvalue weighted by molar-refractivity contribution is -0.384. The van der Waals surface area contributed by atoms with Crippen LogP contribution < -0.4 is 0 Å². The fourth-order valence-corrected chi connectivity index (χ4v) is 2.37. The Balaban J connectivity index is 2.74. The Bertz CT molecular complexity index is 697. The summed E-state index contributed by atoms with van der Waals surface area (Å²) in [6.45, 7) is 0. The van der Waals surface area contributed by atoms with Gasteiger partial charge in [0.25, 0.3) is 5.69 Å². The largest absolute Gasteiger partial charge is 0.417 e. The molecule has 2 aromatic carbocycles. The molecule has 0 atom stereocenters. The summed E-state index contributed by atoms with van der Waals surface area (Å²) in [5, 5.41) is 11.0. The topological polar surface area (TPSA) is 43.1 Å². The summed E-state index contributed by atoms with van der Waals surface area (Å²) < 4.78 is 39.1. The summed E-state index contributed by atoms with van der Waals surface area (Å²) >= 11 is 11.5. The Hall–Kier alpha value is -1.79. The number of hydrogen-bond donors (Lipinski definition) is 0. The molecule has 0 N–H and O–H groups in total. The molecule has 0 fully saturated rings. The van der Waals surface area contributed by atoms with Gasteiger partial charge in [0.05, 0.1) is 10.5 Å². The van der Waals surface area contributed by atoms with E-state index < -0.39 is 22.4 Å². The normalized spacial score (nSPS) is 11.5. The van der Waals surface area contributed by atoms with E-state index in [1.54, 1.807) is 0 Å². The number of alkyl halides is 3. The summed E-state index contributed by atoms with van der Waals surface area (Å²) in [5.74, 6) is 0. The first-order chi connectivity index (χ1) is 9.68. The highest BCUT2D eigenvalue weighted by Crippen LogP contribution is 2.40. The first-order valence-corrected chi connectivity index (χ1v) is 6.26. The number of non-ortho nitro benzene ring substituents is 1. The molecule has 8 heteroatoms. The van der Waals surface area contributed by atoms with Crippen molar-refractivity contribution in [2.45, 2.75) is 6.18 Å². The minimum Gasteiger partial charge on any atom is -0.258 e. The van der Waals surface area contributed by atoms with Crippen LogP contribution >= 0.6 is 23.2 Å². The summed E-state index contributed by atoms with van der Waals surface area (Å²) in [6, 6.07) is 6.21. The minimum atomic E-state index is -4.65. The predicted octanol–water partition coefficient (Wildman–Crippen LogP) is 5.59. The van der Waals surface area contributed by atoms with Gasteiger partial charge in [-0.2, -0.15) is 13.2 Å². The van der Waals surface area contributed by atoms with Gasteiger partial charge in [-0.1, -0.05) is 23.2 Å². The zero-order valence-corrected chi connectivity index (χ0v) is 11.6. The van der Waals surface area contributed by atoms with Crippen LogP contribution in [-0.4, -0.2) is 4.92 Å². The molecule has 0 amide bonds. The lowest BCUT2D eigenvalue weighted by Crippen LogP contribution is -2.07. The van der Waals surface area contributed by atoms with E-state index in [1.807, 2.05) is 0 Å². The van der Waals surface area contributed by atoms with E-state index in [0.29, 0.717) is 6.07 Å². The Kier molecular flexibility index (Phi) is 4.11. The van der Waals surface area contributed by atoms with Crippen molar-refractivity contribution in [2.75, 3.05) is 0 Å². The summed E-state index contributed by atoms with van der Waals surface area (Å²) in [4.78, 5) is 9.98. The van der Waals surface area contributed by atoms with E-state index >= 15 is 0 Å². The highest BCUT2D eigenvalue weighted by atomic mass is 35.5. The molecule has 0 radical (unpaired) electrons. The Morgan fingerprint density at radius 2 is 1.57 bits per heavy atom. The van der Waals surface area contributed by atoms with E-state index in [0.717, 1.165) is 12.1 Å². The maximum absolute atomic E-state index is 13.0. The molecular weight excluding hydrogens is 330 g/mol. The van der Waals surface area contributed by atoms with Gasteiger partial charge in [-0.3, -0.25) is 10.1 Å². The molecule has 0 aliphatic heterocycles. The number of halogens is 5. The van der Waals surface area contributed by atoms with Crippen molar-refractivity contribution in [1.29, 1.82) is 0 Å². The number of benzene rings is 2. The lowest BCUT2D eigenvalue weighted by atomic mass is 9.98. The third-order valence-electron chi connectivity index (χ3n) is 2.69. The molecule has 0 aromatic heterocycles. The van der Waals surface area contributed by atoms with Crippen LogP contribution in [0.15, 0.2) is 36.4 Å². The van der Waals surface area contributed by atoms with Crippen molar-refractivity contribution in [3.63, 3.8) is 0 Å². The molecule has 3 nitrogen and oxygen atoms in total. The molecule has 21 heavy (non-hydrogen) atoms. The van der Waals surface area contributed by atoms with Crippen molar-refractivity contribution in [2.24, 2.45) is 0 Å². The van der Waals surface area contributed by atoms with E-state index in [2.05, 4.69) is 0 Å². The smallest absolute Gasteiger partial charge is 0.258 e. The van der Waals surface area contributed by atoms with Gasteiger partial charge in [0.2, 0.25) is 0 Å². The van der Waals surface area contributed by atoms with Gasteiger partial charge in [0.15, 0.2) is 0 Å². The van der Waals surface area contributed by atoms with E-state index in [-0.39, 0.29) is 21.2 Å². The second kappa shape index (κ2) is 5.54. The van der Waals surface area contributed by atoms with Gasteiger partial charge in [-0.25, -0.2) is 0 Å². The van der Waals surface area contributed by atoms with Crippen molar-refractivity contribution < 1.29 is 18.1 Å². The third kappa shape index (κ3) is 3.46. The van der Waals surface area contributed by atoms with E-state index in [4.69, 9.17) is 23.2 Å². The number of nitro groups is 1. The van der Waals surface area contributed by atoms with Crippen LogP contribution in [0.1, 0.15) is 5.56 Å². The molecule has 0 saturated carbocycles. The first kappa shape index (κ1) is 15.6. The van der Waals surface area contributed by atoms with Gasteiger partial charge in [0.1, 0.15) is 0 Å². The minimum absolute atomic E-state index is 0.0588. The zero-order valence-electron chi connectivity index (χ0n) is 10.1. The molecule has 0 spiro atoms. The van der Waals surface area contributed by atoms with Gasteiger partial charge in [-0.15, -0.1) is 0 Å². The summed E-state index contributed by atoms with van der Waals surface area (Å²) in [5.41, 5.74) is -1.73. The standard InChI is InChI=1S/C13H6Cl2F3NO2/c14-8-3-7(4-9(15)5-8)11-6-10(19(20)21)1-2-12(11)13(16,17)18/h1-6H. The van der Waals surface area contributed by atoms with Gasteiger partial charge in [0, 0.05) is 27.7 Å². The summed E-state index contributed by atoms with van der Waals surface area (Å²) in [6.07, 6.45) is -4.65.